The Bertz CT molecular complexity index is 1500. The third-order valence-corrected chi connectivity index (χ3v) is 7.40. The second kappa shape index (κ2) is 10.6. The van der Waals surface area contributed by atoms with Gasteiger partial charge in [-0.2, -0.15) is 21.6 Å². The zero-order valence-electron chi connectivity index (χ0n) is 22.0. The molecule has 0 fully saturated rings. The molecule has 4 rings (SSSR count). The molecule has 6 nitrogen and oxygen atoms in total. The molecule has 1 amide bonds. The number of fused-ring (bicyclic) bond motifs is 2. The summed E-state index contributed by atoms with van der Waals surface area (Å²) in [5.41, 5.74) is -4.64. The molecular formula is C29H30F3NO5S. The van der Waals surface area contributed by atoms with Gasteiger partial charge in [0.05, 0.1) is 6.04 Å². The van der Waals surface area contributed by atoms with E-state index in [-0.39, 0.29) is 12.1 Å². The van der Waals surface area contributed by atoms with Gasteiger partial charge >= 0.3 is 21.7 Å². The third kappa shape index (κ3) is 6.38. The number of benzene rings is 3. The molecule has 0 unspecified atom stereocenters. The van der Waals surface area contributed by atoms with Crippen LogP contribution in [0, 0.1) is 5.92 Å². The first-order chi connectivity index (χ1) is 18.2. The van der Waals surface area contributed by atoms with Crippen LogP contribution in [-0.2, 0) is 25.5 Å². The van der Waals surface area contributed by atoms with Crippen molar-refractivity contribution in [2.24, 2.45) is 5.92 Å². The van der Waals surface area contributed by atoms with Crippen LogP contribution in [0.25, 0.3) is 16.5 Å². The van der Waals surface area contributed by atoms with Crippen molar-refractivity contribution in [2.75, 3.05) is 6.54 Å². The van der Waals surface area contributed by atoms with E-state index in [1.165, 1.54) is 17.0 Å². The van der Waals surface area contributed by atoms with E-state index in [1.54, 1.807) is 39.0 Å². The highest BCUT2D eigenvalue weighted by atomic mass is 32.2. The van der Waals surface area contributed by atoms with Crippen LogP contribution in [0.15, 0.2) is 72.8 Å². The van der Waals surface area contributed by atoms with Gasteiger partial charge in [0.25, 0.3) is 0 Å². The summed E-state index contributed by atoms with van der Waals surface area (Å²) in [7, 11) is -5.89. The molecule has 2 atom stereocenters. The molecule has 10 heteroatoms. The highest BCUT2D eigenvalue weighted by Gasteiger charge is 2.49. The van der Waals surface area contributed by atoms with Gasteiger partial charge in [-0.25, -0.2) is 4.79 Å². The molecule has 0 heterocycles. The minimum Gasteiger partial charge on any atom is -0.444 e. The highest BCUT2D eigenvalue weighted by Crippen LogP contribution is 2.37. The van der Waals surface area contributed by atoms with Crippen LogP contribution in [0.2, 0.25) is 0 Å². The molecule has 1 aliphatic carbocycles. The second-order valence-corrected chi connectivity index (χ2v) is 12.1. The van der Waals surface area contributed by atoms with E-state index >= 15 is 0 Å². The largest absolute Gasteiger partial charge is 0.534 e. The number of rotatable bonds is 6. The summed E-state index contributed by atoms with van der Waals surface area (Å²) in [4.78, 5) is 15.0. The zero-order chi connectivity index (χ0) is 28.6. The van der Waals surface area contributed by atoms with Crippen molar-refractivity contribution in [2.45, 2.75) is 51.3 Å². The number of halogens is 3. The molecule has 3 aromatic rings. The topological polar surface area (TPSA) is 72.9 Å². The Balaban J connectivity index is 1.74. The SMILES string of the molecule is C[C@H](c1cccc2ccccc12)N(C[C@H]1C=C(OS(=O)(=O)C(F)(F)F)c2ccccc2C1)C(=O)OC(C)(C)C. The smallest absolute Gasteiger partial charge is 0.444 e. The quantitative estimate of drug-likeness (QED) is 0.235. The summed E-state index contributed by atoms with van der Waals surface area (Å²) in [6.45, 7) is 7.15. The molecule has 0 aromatic heterocycles. The van der Waals surface area contributed by atoms with Crippen LogP contribution in [0.3, 0.4) is 0 Å². The van der Waals surface area contributed by atoms with Gasteiger partial charge in [0, 0.05) is 18.0 Å². The second-order valence-electron chi connectivity index (χ2n) is 10.5. The lowest BCUT2D eigenvalue weighted by atomic mass is 9.87. The fraction of sp³-hybridized carbons (Fsp3) is 0.345. The van der Waals surface area contributed by atoms with Crippen molar-refractivity contribution >= 4 is 32.7 Å². The molecular weight excluding hydrogens is 531 g/mol. The van der Waals surface area contributed by atoms with Gasteiger partial charge in [-0.3, -0.25) is 0 Å². The fourth-order valence-electron chi connectivity index (χ4n) is 4.69. The summed E-state index contributed by atoms with van der Waals surface area (Å²) in [6.07, 6.45) is 1.11. The van der Waals surface area contributed by atoms with Crippen molar-refractivity contribution in [3.05, 3.63) is 89.5 Å². The van der Waals surface area contributed by atoms with Crippen LogP contribution in [-0.4, -0.2) is 37.1 Å². The van der Waals surface area contributed by atoms with Gasteiger partial charge in [0.2, 0.25) is 0 Å². The Labute approximate surface area is 226 Å². The van der Waals surface area contributed by atoms with Crippen molar-refractivity contribution in [1.29, 1.82) is 0 Å². The van der Waals surface area contributed by atoms with Gasteiger partial charge in [-0.15, -0.1) is 0 Å². The van der Waals surface area contributed by atoms with E-state index in [2.05, 4.69) is 4.18 Å². The lowest BCUT2D eigenvalue weighted by Crippen LogP contribution is -2.41. The number of amides is 1. The first kappa shape index (κ1) is 28.5. The minimum atomic E-state index is -5.89. The maximum Gasteiger partial charge on any atom is 0.534 e. The Kier molecular flexibility index (Phi) is 7.71. The van der Waals surface area contributed by atoms with E-state index < -0.39 is 45.0 Å². The van der Waals surface area contributed by atoms with Crippen molar-refractivity contribution < 1.29 is 35.3 Å². The third-order valence-electron chi connectivity index (χ3n) is 6.44. The molecule has 0 saturated carbocycles. The van der Waals surface area contributed by atoms with Crippen LogP contribution in [0.1, 0.15) is 50.4 Å². The lowest BCUT2D eigenvalue weighted by molar-refractivity contribution is -0.0509. The van der Waals surface area contributed by atoms with Crippen LogP contribution < -0.4 is 0 Å². The Hall–Kier alpha value is -3.53. The number of alkyl halides is 3. The summed E-state index contributed by atoms with van der Waals surface area (Å²) < 4.78 is 73.5. The van der Waals surface area contributed by atoms with Crippen molar-refractivity contribution in [3.63, 3.8) is 0 Å². The Morgan fingerprint density at radius 1 is 1.00 bits per heavy atom. The zero-order valence-corrected chi connectivity index (χ0v) is 22.8. The summed E-state index contributed by atoms with van der Waals surface area (Å²) in [5.74, 6) is -0.968. The number of nitrogens with zero attached hydrogens (tertiary/aromatic N) is 1. The van der Waals surface area contributed by atoms with E-state index in [1.807, 2.05) is 49.4 Å². The molecule has 0 aliphatic heterocycles. The van der Waals surface area contributed by atoms with Crippen LogP contribution in [0.5, 0.6) is 0 Å². The molecule has 0 N–H and O–H groups in total. The molecule has 0 radical (unpaired) electrons. The Morgan fingerprint density at radius 3 is 2.33 bits per heavy atom. The molecule has 1 aliphatic rings. The van der Waals surface area contributed by atoms with Crippen molar-refractivity contribution in [3.8, 4) is 0 Å². The van der Waals surface area contributed by atoms with Gasteiger partial charge in [0.15, 0.2) is 0 Å². The predicted molar refractivity (Wildman–Crippen MR) is 143 cm³/mol. The summed E-state index contributed by atoms with van der Waals surface area (Å²) in [6, 6.07) is 19.6. The monoisotopic (exact) mass is 561 g/mol. The molecule has 3 aromatic carbocycles. The number of carbonyl (C=O) groups is 1. The van der Waals surface area contributed by atoms with Gasteiger partial charge in [0.1, 0.15) is 11.4 Å². The number of ether oxygens (including phenoxy) is 1. The molecule has 39 heavy (non-hydrogen) atoms. The lowest BCUT2D eigenvalue weighted by Gasteiger charge is -2.35. The fourth-order valence-corrected chi connectivity index (χ4v) is 5.16. The van der Waals surface area contributed by atoms with E-state index in [4.69, 9.17) is 4.74 Å². The van der Waals surface area contributed by atoms with Gasteiger partial charge in [-0.1, -0.05) is 66.7 Å². The normalized spacial score (nSPS) is 16.7. The molecule has 208 valence electrons. The number of hydrogen-bond donors (Lipinski definition) is 0. The predicted octanol–water partition coefficient (Wildman–Crippen LogP) is 7.22. The highest BCUT2D eigenvalue weighted by molar-refractivity contribution is 7.87. The van der Waals surface area contributed by atoms with E-state index in [9.17, 15) is 26.4 Å². The summed E-state index contributed by atoms with van der Waals surface area (Å²) >= 11 is 0. The maximum atomic E-state index is 13.5. The maximum absolute atomic E-state index is 13.5. The average molecular weight is 562 g/mol. The Morgan fingerprint density at radius 2 is 1.64 bits per heavy atom. The first-order valence-corrected chi connectivity index (χ1v) is 13.9. The molecule has 0 saturated heterocycles. The number of carbonyl (C=O) groups excluding carboxylic acids is 1. The average Bonchev–Trinajstić information content (AvgIpc) is 2.84. The van der Waals surface area contributed by atoms with E-state index in [0.29, 0.717) is 12.0 Å². The van der Waals surface area contributed by atoms with Gasteiger partial charge < -0.3 is 13.8 Å². The molecule has 0 bridgehead atoms. The van der Waals surface area contributed by atoms with Gasteiger partial charge in [-0.05, 0) is 62.1 Å². The van der Waals surface area contributed by atoms with Crippen LogP contribution >= 0.6 is 0 Å². The summed E-state index contributed by atoms with van der Waals surface area (Å²) in [5, 5.41) is 1.94. The van der Waals surface area contributed by atoms with Crippen LogP contribution in [0.4, 0.5) is 18.0 Å². The van der Waals surface area contributed by atoms with E-state index in [0.717, 1.165) is 16.3 Å². The first-order valence-electron chi connectivity index (χ1n) is 12.4. The minimum absolute atomic E-state index is 0.0482. The number of hydrogen-bond acceptors (Lipinski definition) is 5. The standard InChI is InChI=1S/C29H30F3NO5S/c1-19(23-15-9-12-21-10-5-7-13-24(21)23)33(27(34)37-28(2,3)4)18-20-16-22-11-6-8-14-25(22)26(17-20)38-39(35,36)29(30,31)32/h5-15,17,19-20H,16,18H2,1-4H3/t19-,20-/m1/s1. The van der Waals surface area contributed by atoms with Crippen molar-refractivity contribution in [1.82, 2.24) is 4.90 Å². The molecule has 0 spiro atoms.